The molecule has 0 spiro atoms. The lowest BCUT2D eigenvalue weighted by Crippen LogP contribution is -2.48. The van der Waals surface area contributed by atoms with Gasteiger partial charge in [0.2, 0.25) is 11.9 Å². The Labute approximate surface area is 232 Å². The molecule has 1 saturated carbocycles. The SMILES string of the molecule is CCC(=O)N[C@H]1CCCC[C@H]1Nc1nc(Nc2ccc(C(=O)N(C)C3CCN(C)CC3)cc2)ncc1C(F)(F)F. The number of amides is 2. The van der Waals surface area contributed by atoms with Gasteiger partial charge >= 0.3 is 6.18 Å². The van der Waals surface area contributed by atoms with Crippen LogP contribution in [0.1, 0.15) is 67.8 Å². The number of anilines is 3. The van der Waals surface area contributed by atoms with Gasteiger partial charge in [-0.25, -0.2) is 4.98 Å². The van der Waals surface area contributed by atoms with Crippen molar-refractivity contribution in [2.24, 2.45) is 0 Å². The third-order valence-corrected chi connectivity index (χ3v) is 7.79. The highest BCUT2D eigenvalue weighted by Gasteiger charge is 2.37. The first-order chi connectivity index (χ1) is 19.0. The van der Waals surface area contributed by atoms with E-state index in [1.807, 2.05) is 7.05 Å². The number of hydrogen-bond acceptors (Lipinski definition) is 7. The van der Waals surface area contributed by atoms with Gasteiger partial charge in [-0.05, 0) is 70.1 Å². The minimum atomic E-state index is -4.65. The highest BCUT2D eigenvalue weighted by Crippen LogP contribution is 2.35. The summed E-state index contributed by atoms with van der Waals surface area (Å²) in [5, 5.41) is 8.82. The summed E-state index contributed by atoms with van der Waals surface area (Å²) >= 11 is 0. The first kappa shape index (κ1) is 29.6. The number of nitrogens with zero attached hydrogens (tertiary/aromatic N) is 4. The fraction of sp³-hybridized carbons (Fsp3) is 0.571. The van der Waals surface area contributed by atoms with E-state index in [0.29, 0.717) is 30.5 Å². The molecule has 2 aromatic rings. The number of halogens is 3. The number of rotatable bonds is 8. The van der Waals surface area contributed by atoms with Crippen LogP contribution in [0.2, 0.25) is 0 Å². The van der Waals surface area contributed by atoms with Crippen LogP contribution in [0.25, 0.3) is 0 Å². The van der Waals surface area contributed by atoms with Crippen LogP contribution in [-0.2, 0) is 11.0 Å². The number of carbonyl (C=O) groups excluding carboxylic acids is 2. The molecule has 3 N–H and O–H groups in total. The van der Waals surface area contributed by atoms with Crippen LogP contribution < -0.4 is 16.0 Å². The lowest BCUT2D eigenvalue weighted by molar-refractivity contribution is -0.137. The van der Waals surface area contributed by atoms with E-state index in [4.69, 9.17) is 0 Å². The second-order valence-electron chi connectivity index (χ2n) is 10.7. The third kappa shape index (κ3) is 7.41. The van der Waals surface area contributed by atoms with Crippen LogP contribution >= 0.6 is 0 Å². The van der Waals surface area contributed by atoms with Crippen molar-refractivity contribution in [2.75, 3.05) is 37.8 Å². The van der Waals surface area contributed by atoms with Crippen molar-refractivity contribution in [1.82, 2.24) is 25.1 Å². The first-order valence-corrected chi connectivity index (χ1v) is 13.9. The van der Waals surface area contributed by atoms with Crippen molar-refractivity contribution in [2.45, 2.75) is 76.2 Å². The van der Waals surface area contributed by atoms with Gasteiger partial charge in [0.25, 0.3) is 5.91 Å². The molecule has 2 aliphatic rings. The van der Waals surface area contributed by atoms with Gasteiger partial charge in [-0.1, -0.05) is 19.8 Å². The van der Waals surface area contributed by atoms with Crippen molar-refractivity contribution in [3.8, 4) is 0 Å². The zero-order valence-electron chi connectivity index (χ0n) is 23.2. The van der Waals surface area contributed by atoms with E-state index in [2.05, 4.69) is 37.9 Å². The Morgan fingerprint density at radius 3 is 2.33 bits per heavy atom. The molecule has 2 heterocycles. The maximum atomic E-state index is 13.8. The quantitative estimate of drug-likeness (QED) is 0.431. The van der Waals surface area contributed by atoms with Crippen LogP contribution in [-0.4, -0.2) is 76.9 Å². The summed E-state index contributed by atoms with van der Waals surface area (Å²) in [6, 6.07) is 6.24. The second-order valence-corrected chi connectivity index (χ2v) is 10.7. The van der Waals surface area contributed by atoms with Crippen LogP contribution in [0.5, 0.6) is 0 Å². The van der Waals surface area contributed by atoms with Gasteiger partial charge in [0.15, 0.2) is 0 Å². The summed E-state index contributed by atoms with van der Waals surface area (Å²) in [5.41, 5.74) is 0.0946. The van der Waals surface area contributed by atoms with Crippen molar-refractivity contribution in [3.63, 3.8) is 0 Å². The van der Waals surface area contributed by atoms with Crippen LogP contribution in [0.4, 0.5) is 30.6 Å². The first-order valence-electron chi connectivity index (χ1n) is 13.9. The van der Waals surface area contributed by atoms with Crippen molar-refractivity contribution < 1.29 is 22.8 Å². The molecule has 1 aliphatic heterocycles. The molecule has 40 heavy (non-hydrogen) atoms. The molecular formula is C28H38F3N7O2. The molecule has 1 saturated heterocycles. The molecule has 2 atom stereocenters. The van der Waals surface area contributed by atoms with E-state index >= 15 is 0 Å². The smallest absolute Gasteiger partial charge is 0.365 e. The van der Waals surface area contributed by atoms with E-state index in [1.54, 1.807) is 36.1 Å². The Bertz CT molecular complexity index is 1170. The average molecular weight is 562 g/mol. The standard InChI is InChI=1S/C28H38F3N7O2/c1-4-24(39)34-22-7-5-6-8-23(22)35-25-21(28(29,30)31)17-32-27(36-25)33-19-11-9-18(10-12-19)26(40)38(3)20-13-15-37(2)16-14-20/h9-12,17,20,22-23H,4-8,13-16H2,1-3H3,(H,34,39)(H2,32,33,35,36)/t22-,23+/m0/s1. The van der Waals surface area contributed by atoms with Crippen LogP contribution in [0.15, 0.2) is 30.5 Å². The monoisotopic (exact) mass is 561 g/mol. The summed E-state index contributed by atoms with van der Waals surface area (Å²) in [4.78, 5) is 37.1. The molecule has 1 aliphatic carbocycles. The molecule has 1 aromatic heterocycles. The maximum absolute atomic E-state index is 13.8. The number of piperidine rings is 1. The summed E-state index contributed by atoms with van der Waals surface area (Å²) in [5.74, 6) is -0.558. The van der Waals surface area contributed by atoms with Crippen LogP contribution in [0, 0.1) is 0 Å². The summed E-state index contributed by atoms with van der Waals surface area (Å²) in [7, 11) is 3.89. The van der Waals surface area contributed by atoms with Crippen LogP contribution in [0.3, 0.4) is 0 Å². The Hall–Kier alpha value is -3.41. The van der Waals surface area contributed by atoms with E-state index in [0.717, 1.165) is 45.0 Å². The summed E-state index contributed by atoms with van der Waals surface area (Å²) in [6.07, 6.45) is 1.28. The van der Waals surface area contributed by atoms with Gasteiger partial charge < -0.3 is 25.8 Å². The minimum Gasteiger partial charge on any atom is -0.365 e. The van der Waals surface area contributed by atoms with E-state index in [-0.39, 0.29) is 41.7 Å². The van der Waals surface area contributed by atoms with Crippen molar-refractivity contribution in [3.05, 3.63) is 41.6 Å². The average Bonchev–Trinajstić information content (AvgIpc) is 2.93. The Balaban J connectivity index is 1.47. The number of likely N-dealkylation sites (tertiary alicyclic amines) is 1. The van der Waals surface area contributed by atoms with Gasteiger partial charge in [-0.3, -0.25) is 9.59 Å². The Morgan fingerprint density at radius 2 is 1.70 bits per heavy atom. The molecule has 2 fully saturated rings. The lowest BCUT2D eigenvalue weighted by Gasteiger charge is -2.35. The number of carbonyl (C=O) groups is 2. The topological polar surface area (TPSA) is 102 Å². The van der Waals surface area contributed by atoms with Crippen molar-refractivity contribution >= 4 is 29.3 Å². The number of hydrogen-bond donors (Lipinski definition) is 3. The zero-order valence-corrected chi connectivity index (χ0v) is 23.2. The molecule has 0 radical (unpaired) electrons. The van der Waals surface area contributed by atoms with Gasteiger partial charge in [-0.2, -0.15) is 18.2 Å². The molecule has 1 aromatic carbocycles. The predicted octanol–water partition coefficient (Wildman–Crippen LogP) is 4.65. The number of benzene rings is 1. The zero-order chi connectivity index (χ0) is 28.9. The molecule has 0 unspecified atom stereocenters. The largest absolute Gasteiger partial charge is 0.421 e. The number of nitrogens with one attached hydrogen (secondary N) is 3. The molecule has 4 rings (SSSR count). The number of alkyl halides is 3. The van der Waals surface area contributed by atoms with Gasteiger partial charge in [0.1, 0.15) is 11.4 Å². The lowest BCUT2D eigenvalue weighted by atomic mass is 9.90. The summed E-state index contributed by atoms with van der Waals surface area (Å²) in [6.45, 7) is 3.63. The third-order valence-electron chi connectivity index (χ3n) is 7.79. The molecule has 218 valence electrons. The maximum Gasteiger partial charge on any atom is 0.421 e. The number of aromatic nitrogens is 2. The Morgan fingerprint density at radius 1 is 1.05 bits per heavy atom. The summed E-state index contributed by atoms with van der Waals surface area (Å²) < 4.78 is 41.4. The molecule has 0 bridgehead atoms. The van der Waals surface area contributed by atoms with Gasteiger partial charge in [-0.15, -0.1) is 0 Å². The molecule has 12 heteroatoms. The fourth-order valence-electron chi connectivity index (χ4n) is 5.30. The second kappa shape index (κ2) is 12.8. The normalized spacial score (nSPS) is 20.6. The van der Waals surface area contributed by atoms with E-state index in [9.17, 15) is 22.8 Å². The van der Waals surface area contributed by atoms with Gasteiger partial charge in [0, 0.05) is 49.0 Å². The van der Waals surface area contributed by atoms with E-state index in [1.165, 1.54) is 0 Å². The van der Waals surface area contributed by atoms with Gasteiger partial charge in [0.05, 0.1) is 0 Å². The molecule has 9 nitrogen and oxygen atoms in total. The highest BCUT2D eigenvalue weighted by atomic mass is 19.4. The highest BCUT2D eigenvalue weighted by molar-refractivity contribution is 5.94. The minimum absolute atomic E-state index is 0.0111. The molecular weight excluding hydrogens is 523 g/mol. The Kier molecular flexibility index (Phi) is 9.49. The van der Waals surface area contributed by atoms with Crippen molar-refractivity contribution in [1.29, 1.82) is 0 Å². The fourth-order valence-corrected chi connectivity index (χ4v) is 5.30. The van der Waals surface area contributed by atoms with E-state index < -0.39 is 11.7 Å². The predicted molar refractivity (Wildman–Crippen MR) is 147 cm³/mol. The molecule has 2 amide bonds.